The van der Waals surface area contributed by atoms with Gasteiger partial charge in [-0.15, -0.1) is 0 Å². The van der Waals surface area contributed by atoms with Crippen molar-refractivity contribution in [1.29, 1.82) is 5.26 Å². The average molecular weight is 283 g/mol. The maximum absolute atomic E-state index is 12.7. The number of nitrogens with zero attached hydrogens (tertiary/aromatic N) is 1. The van der Waals surface area contributed by atoms with E-state index in [-0.39, 0.29) is 13.2 Å². The summed E-state index contributed by atoms with van der Waals surface area (Å²) in [6.07, 6.45) is 0. The third-order valence-electron chi connectivity index (χ3n) is 2.49. The number of hydrogen-bond acceptors (Lipinski definition) is 5. The lowest BCUT2D eigenvalue weighted by Crippen LogP contribution is -2.06. The molecule has 5 nitrogen and oxygen atoms in total. The summed E-state index contributed by atoms with van der Waals surface area (Å²) in [5.41, 5.74) is -0.485. The Morgan fingerprint density at radius 1 is 1.26 bits per heavy atom. The fourth-order valence-corrected chi connectivity index (χ4v) is 3.54. The van der Waals surface area contributed by atoms with Crippen molar-refractivity contribution in [2.45, 2.75) is 19.5 Å². The molecule has 6 heteroatoms. The number of rotatable bonds is 7. The Labute approximate surface area is 113 Å². The second kappa shape index (κ2) is 7.30. The average Bonchev–Trinajstić information content (AvgIpc) is 2.40. The van der Waals surface area contributed by atoms with Gasteiger partial charge in [0.1, 0.15) is 5.75 Å². The fourth-order valence-electron chi connectivity index (χ4n) is 1.75. The molecule has 0 heterocycles. The molecular weight excluding hydrogens is 265 g/mol. The molecule has 0 saturated heterocycles. The number of ether oxygens (including phenoxy) is 1. The van der Waals surface area contributed by atoms with Gasteiger partial charge < -0.3 is 13.8 Å². The van der Waals surface area contributed by atoms with Gasteiger partial charge in [-0.25, -0.2) is 0 Å². The van der Waals surface area contributed by atoms with Crippen molar-refractivity contribution in [3.05, 3.63) is 29.8 Å². The van der Waals surface area contributed by atoms with Gasteiger partial charge in [0, 0.05) is 5.56 Å². The van der Waals surface area contributed by atoms with E-state index in [0.29, 0.717) is 11.3 Å². The minimum absolute atomic E-state index is 0.213. The highest BCUT2D eigenvalue weighted by atomic mass is 31.2. The van der Waals surface area contributed by atoms with Crippen LogP contribution in [0.15, 0.2) is 24.3 Å². The Morgan fingerprint density at radius 2 is 1.84 bits per heavy atom. The predicted octanol–water partition coefficient (Wildman–Crippen LogP) is 3.53. The van der Waals surface area contributed by atoms with E-state index in [4.69, 9.17) is 13.8 Å². The molecule has 1 rings (SSSR count). The molecule has 104 valence electrons. The van der Waals surface area contributed by atoms with Crippen LogP contribution in [0.4, 0.5) is 0 Å². The molecule has 1 atom stereocenters. The highest BCUT2D eigenvalue weighted by Crippen LogP contribution is 2.61. The Balaban J connectivity index is 3.25. The van der Waals surface area contributed by atoms with Gasteiger partial charge in [-0.2, -0.15) is 5.26 Å². The van der Waals surface area contributed by atoms with Gasteiger partial charge in [0.05, 0.1) is 26.4 Å². The Kier molecular flexibility index (Phi) is 6.04. The SMILES string of the molecule is CCOP(=O)(OCC)C(C#N)c1ccccc1OC. The van der Waals surface area contributed by atoms with Gasteiger partial charge in [0.25, 0.3) is 0 Å². The molecule has 19 heavy (non-hydrogen) atoms. The highest BCUT2D eigenvalue weighted by molar-refractivity contribution is 7.54. The summed E-state index contributed by atoms with van der Waals surface area (Å²) in [5, 5.41) is 9.35. The van der Waals surface area contributed by atoms with Crippen LogP contribution in [0.5, 0.6) is 5.75 Å². The molecule has 0 saturated carbocycles. The van der Waals surface area contributed by atoms with Gasteiger partial charge in [-0.05, 0) is 19.9 Å². The molecule has 1 unspecified atom stereocenters. The van der Waals surface area contributed by atoms with Crippen LogP contribution in [0.25, 0.3) is 0 Å². The monoisotopic (exact) mass is 283 g/mol. The van der Waals surface area contributed by atoms with E-state index in [0.717, 1.165) is 0 Å². The van der Waals surface area contributed by atoms with Gasteiger partial charge in [0.15, 0.2) is 5.66 Å². The predicted molar refractivity (Wildman–Crippen MR) is 72.2 cm³/mol. The van der Waals surface area contributed by atoms with Crippen LogP contribution in [0, 0.1) is 11.3 Å². The van der Waals surface area contributed by atoms with Gasteiger partial charge in [0.2, 0.25) is 0 Å². The lowest BCUT2D eigenvalue weighted by molar-refractivity contribution is 0.216. The number of methoxy groups -OCH3 is 1. The zero-order valence-electron chi connectivity index (χ0n) is 11.3. The van der Waals surface area contributed by atoms with Crippen LogP contribution in [-0.4, -0.2) is 20.3 Å². The summed E-state index contributed by atoms with van der Waals surface area (Å²) >= 11 is 0. The summed E-state index contributed by atoms with van der Waals surface area (Å²) in [6.45, 7) is 3.85. The van der Waals surface area contributed by atoms with E-state index in [2.05, 4.69) is 0 Å². The van der Waals surface area contributed by atoms with Gasteiger partial charge >= 0.3 is 7.60 Å². The molecular formula is C13H18NO4P. The van der Waals surface area contributed by atoms with E-state index in [1.54, 1.807) is 38.1 Å². The molecule has 0 aliphatic heterocycles. The summed E-state index contributed by atoms with van der Waals surface area (Å²) in [4.78, 5) is 0. The van der Waals surface area contributed by atoms with Gasteiger partial charge in [-0.1, -0.05) is 18.2 Å². The molecule has 0 aliphatic rings. The van der Waals surface area contributed by atoms with Crippen LogP contribution in [0.3, 0.4) is 0 Å². The molecule has 0 aliphatic carbocycles. The number of benzene rings is 1. The highest BCUT2D eigenvalue weighted by Gasteiger charge is 2.38. The first kappa shape index (κ1) is 15.7. The molecule has 0 bridgehead atoms. The van der Waals surface area contributed by atoms with E-state index in [9.17, 15) is 9.83 Å². The quantitative estimate of drug-likeness (QED) is 0.716. The fraction of sp³-hybridized carbons (Fsp3) is 0.462. The van der Waals surface area contributed by atoms with Crippen molar-refractivity contribution in [2.75, 3.05) is 20.3 Å². The normalized spacial score (nSPS) is 12.7. The lowest BCUT2D eigenvalue weighted by Gasteiger charge is -2.22. The van der Waals surface area contributed by atoms with E-state index < -0.39 is 13.3 Å². The van der Waals surface area contributed by atoms with Crippen molar-refractivity contribution in [2.24, 2.45) is 0 Å². The Bertz CT molecular complexity index is 488. The summed E-state index contributed by atoms with van der Waals surface area (Å²) < 4.78 is 28.4. The van der Waals surface area contributed by atoms with Crippen molar-refractivity contribution >= 4 is 7.60 Å². The van der Waals surface area contributed by atoms with E-state index in [1.807, 2.05) is 6.07 Å². The zero-order valence-corrected chi connectivity index (χ0v) is 12.2. The Morgan fingerprint density at radius 3 is 2.32 bits per heavy atom. The van der Waals surface area contributed by atoms with Crippen molar-refractivity contribution < 1.29 is 18.3 Å². The lowest BCUT2D eigenvalue weighted by atomic mass is 10.1. The third-order valence-corrected chi connectivity index (χ3v) is 4.75. The van der Waals surface area contributed by atoms with Crippen LogP contribution in [-0.2, 0) is 13.6 Å². The van der Waals surface area contributed by atoms with Crippen molar-refractivity contribution in [3.8, 4) is 11.8 Å². The number of para-hydroxylation sites is 1. The molecule has 0 amide bonds. The van der Waals surface area contributed by atoms with E-state index >= 15 is 0 Å². The molecule has 0 spiro atoms. The Hall–Kier alpha value is -1.34. The second-order valence-electron chi connectivity index (χ2n) is 3.65. The molecule has 0 fully saturated rings. The summed E-state index contributed by atoms with van der Waals surface area (Å²) in [7, 11) is -2.03. The first-order chi connectivity index (χ1) is 9.12. The van der Waals surface area contributed by atoms with Crippen molar-refractivity contribution in [1.82, 2.24) is 0 Å². The number of hydrogen-bond donors (Lipinski definition) is 0. The largest absolute Gasteiger partial charge is 0.496 e. The summed E-state index contributed by atoms with van der Waals surface area (Å²) in [6, 6.07) is 8.95. The van der Waals surface area contributed by atoms with E-state index in [1.165, 1.54) is 7.11 Å². The van der Waals surface area contributed by atoms with Gasteiger partial charge in [-0.3, -0.25) is 4.57 Å². The molecule has 0 N–H and O–H groups in total. The molecule has 0 radical (unpaired) electrons. The second-order valence-corrected chi connectivity index (χ2v) is 5.76. The van der Waals surface area contributed by atoms with Crippen molar-refractivity contribution in [3.63, 3.8) is 0 Å². The van der Waals surface area contributed by atoms with Crippen LogP contribution >= 0.6 is 7.60 Å². The zero-order chi connectivity index (χ0) is 14.3. The molecule has 1 aromatic rings. The first-order valence-corrected chi connectivity index (χ1v) is 7.65. The summed E-state index contributed by atoms with van der Waals surface area (Å²) in [5.74, 6) is 0.494. The molecule has 1 aromatic carbocycles. The smallest absolute Gasteiger partial charge is 0.352 e. The minimum Gasteiger partial charge on any atom is -0.496 e. The van der Waals surface area contributed by atoms with Crippen LogP contribution in [0.2, 0.25) is 0 Å². The topological polar surface area (TPSA) is 68.5 Å². The number of nitriles is 1. The first-order valence-electron chi connectivity index (χ1n) is 6.04. The molecule has 0 aromatic heterocycles. The maximum Gasteiger partial charge on any atom is 0.352 e. The standard InChI is InChI=1S/C13H18NO4P/c1-4-17-19(15,18-5-2)13(10-14)11-8-6-7-9-12(11)16-3/h6-9,13H,4-5H2,1-3H3. The van der Waals surface area contributed by atoms with Crippen LogP contribution in [0.1, 0.15) is 25.1 Å². The minimum atomic E-state index is -3.53. The maximum atomic E-state index is 12.7. The third kappa shape index (κ3) is 3.57. The van der Waals surface area contributed by atoms with Crippen LogP contribution < -0.4 is 4.74 Å².